The number of carboxylic acids is 1. The Balaban J connectivity index is 1.53. The van der Waals surface area contributed by atoms with Gasteiger partial charge in [-0.15, -0.1) is 0 Å². The lowest BCUT2D eigenvalue weighted by Gasteiger charge is -2.40. The molecule has 2 aromatic heterocycles. The molecule has 4 rings (SSSR count). The van der Waals surface area contributed by atoms with Gasteiger partial charge in [-0.2, -0.15) is 4.98 Å². The highest BCUT2D eigenvalue weighted by molar-refractivity contribution is 5.92. The summed E-state index contributed by atoms with van der Waals surface area (Å²) in [7, 11) is 0. The van der Waals surface area contributed by atoms with E-state index in [1.165, 1.54) is 18.2 Å². The maximum absolute atomic E-state index is 11.1. The first-order valence-electron chi connectivity index (χ1n) is 9.40. The molecule has 0 saturated carbocycles. The van der Waals surface area contributed by atoms with Crippen LogP contribution in [0.5, 0.6) is 0 Å². The minimum atomic E-state index is -1.17. The van der Waals surface area contributed by atoms with Gasteiger partial charge in [0.05, 0.1) is 12.6 Å². The van der Waals surface area contributed by atoms with Gasteiger partial charge in [-0.25, -0.2) is 19.7 Å². The molecule has 4 N–H and O–H groups in total. The van der Waals surface area contributed by atoms with Crippen molar-refractivity contribution in [2.75, 3.05) is 41.8 Å². The number of aromatic nitrogens is 4. The fourth-order valence-electron chi connectivity index (χ4n) is 3.76. The van der Waals surface area contributed by atoms with E-state index in [0.29, 0.717) is 31.5 Å². The van der Waals surface area contributed by atoms with E-state index >= 15 is 0 Å². The van der Waals surface area contributed by atoms with Crippen LogP contribution in [0.15, 0.2) is 12.4 Å². The third-order valence-corrected chi connectivity index (χ3v) is 5.32. The Morgan fingerprint density at radius 2 is 1.93 bits per heavy atom. The molecule has 0 unspecified atom stereocenters. The Labute approximate surface area is 162 Å². The summed E-state index contributed by atoms with van der Waals surface area (Å²) in [6.45, 7) is 1.58. The molecule has 0 spiro atoms. The smallest absolute Gasteiger partial charge is 0.341 e. The molecule has 148 valence electrons. The van der Waals surface area contributed by atoms with Gasteiger partial charge >= 0.3 is 5.97 Å². The molecule has 10 heteroatoms. The molecule has 0 radical (unpaired) electrons. The van der Waals surface area contributed by atoms with Crippen molar-refractivity contribution in [3.8, 4) is 0 Å². The zero-order valence-electron chi connectivity index (χ0n) is 15.5. The largest absolute Gasteiger partial charge is 0.477 e. The number of nitrogen functional groups attached to an aromatic ring is 1. The van der Waals surface area contributed by atoms with E-state index in [2.05, 4.69) is 19.9 Å². The van der Waals surface area contributed by atoms with Gasteiger partial charge in [-0.05, 0) is 31.2 Å². The van der Waals surface area contributed by atoms with Crippen molar-refractivity contribution in [3.63, 3.8) is 0 Å². The van der Waals surface area contributed by atoms with Crippen molar-refractivity contribution >= 4 is 23.7 Å². The van der Waals surface area contributed by atoms with Crippen LogP contribution in [0.3, 0.4) is 0 Å². The maximum Gasteiger partial charge on any atom is 0.341 e. The number of aryl methyl sites for hydroxylation is 2. The second-order valence-electron chi connectivity index (χ2n) is 7.10. The van der Waals surface area contributed by atoms with Gasteiger partial charge in [0.2, 0.25) is 11.9 Å². The number of nitrogens with two attached hydrogens (primary N) is 1. The molecule has 2 aliphatic rings. The van der Waals surface area contributed by atoms with Crippen LogP contribution in [0.2, 0.25) is 0 Å². The molecule has 0 bridgehead atoms. The standard InChI is InChI=1S/C18H23N7O3/c19-15-13(16(27)28)8-21-18(23-15)25-6-5-24(9-12(25)10-26)17-20-7-11-3-1-2-4-14(11)22-17/h7-8,12,26H,1-6,9-10H2,(H,27,28)(H2,19,21,23)/t12-/m0/s1. The zero-order chi connectivity index (χ0) is 19.7. The van der Waals surface area contributed by atoms with Crippen LogP contribution in [-0.2, 0) is 12.8 Å². The molecule has 2 aromatic rings. The van der Waals surface area contributed by atoms with E-state index in [0.717, 1.165) is 25.0 Å². The van der Waals surface area contributed by atoms with Gasteiger partial charge in [0.15, 0.2) is 0 Å². The molecule has 0 aromatic carbocycles. The van der Waals surface area contributed by atoms with Gasteiger partial charge in [-0.3, -0.25) is 0 Å². The van der Waals surface area contributed by atoms with Gasteiger partial charge in [0.25, 0.3) is 0 Å². The Morgan fingerprint density at radius 1 is 1.14 bits per heavy atom. The predicted octanol–water partition coefficient (Wildman–Crippen LogP) is 0.113. The van der Waals surface area contributed by atoms with Crippen molar-refractivity contribution in [2.45, 2.75) is 31.7 Å². The summed E-state index contributed by atoms with van der Waals surface area (Å²) in [4.78, 5) is 32.5. The summed E-state index contributed by atoms with van der Waals surface area (Å²) in [5, 5.41) is 19.0. The summed E-state index contributed by atoms with van der Waals surface area (Å²) < 4.78 is 0. The highest BCUT2D eigenvalue weighted by Crippen LogP contribution is 2.24. The first-order chi connectivity index (χ1) is 13.6. The van der Waals surface area contributed by atoms with E-state index in [1.807, 2.05) is 11.1 Å². The number of fused-ring (bicyclic) bond motifs is 1. The second-order valence-corrected chi connectivity index (χ2v) is 7.10. The van der Waals surface area contributed by atoms with Crippen molar-refractivity contribution in [2.24, 2.45) is 0 Å². The van der Waals surface area contributed by atoms with E-state index in [1.54, 1.807) is 0 Å². The lowest BCUT2D eigenvalue weighted by atomic mass is 9.98. The van der Waals surface area contributed by atoms with Crippen molar-refractivity contribution in [1.82, 2.24) is 19.9 Å². The molecule has 3 heterocycles. The number of aromatic carboxylic acids is 1. The SMILES string of the molecule is Nc1nc(N2CCN(c3ncc4c(n3)CCCC4)C[C@H]2CO)ncc1C(=O)O. The minimum absolute atomic E-state index is 0.0883. The third-order valence-electron chi connectivity index (χ3n) is 5.32. The highest BCUT2D eigenvalue weighted by Gasteiger charge is 2.30. The third kappa shape index (κ3) is 3.42. The molecule has 1 aliphatic heterocycles. The van der Waals surface area contributed by atoms with Crippen LogP contribution in [0.1, 0.15) is 34.5 Å². The predicted molar refractivity (Wildman–Crippen MR) is 103 cm³/mol. The first-order valence-corrected chi connectivity index (χ1v) is 9.40. The molecule has 1 aliphatic carbocycles. The maximum atomic E-state index is 11.1. The number of carbonyl (C=O) groups is 1. The minimum Gasteiger partial charge on any atom is -0.477 e. The van der Waals surface area contributed by atoms with Gasteiger partial charge < -0.3 is 25.7 Å². The number of hydrogen-bond donors (Lipinski definition) is 3. The average molecular weight is 385 g/mol. The fraction of sp³-hybridized carbons (Fsp3) is 0.500. The molecule has 10 nitrogen and oxygen atoms in total. The number of nitrogens with zero attached hydrogens (tertiary/aromatic N) is 6. The van der Waals surface area contributed by atoms with Gasteiger partial charge in [-0.1, -0.05) is 0 Å². The topological polar surface area (TPSA) is 142 Å². The number of carboxylic acid groups (broad SMARTS) is 1. The Hall–Kier alpha value is -3.01. The summed E-state index contributed by atoms with van der Waals surface area (Å²) in [5.41, 5.74) is 7.97. The van der Waals surface area contributed by atoms with E-state index in [4.69, 9.17) is 15.8 Å². The van der Waals surface area contributed by atoms with Crippen LogP contribution in [-0.4, -0.2) is 68.4 Å². The van der Waals surface area contributed by atoms with Crippen LogP contribution >= 0.6 is 0 Å². The number of aliphatic hydroxyl groups is 1. The summed E-state index contributed by atoms with van der Waals surface area (Å²) >= 11 is 0. The normalized spacial score (nSPS) is 19.4. The molecular formula is C18H23N7O3. The number of hydrogen-bond acceptors (Lipinski definition) is 9. The number of rotatable bonds is 4. The summed E-state index contributed by atoms with van der Waals surface area (Å²) in [6.07, 6.45) is 7.48. The average Bonchev–Trinajstić information content (AvgIpc) is 2.72. The zero-order valence-corrected chi connectivity index (χ0v) is 15.5. The molecule has 1 saturated heterocycles. The quantitative estimate of drug-likeness (QED) is 0.664. The lowest BCUT2D eigenvalue weighted by Crippen LogP contribution is -2.56. The number of anilines is 3. The highest BCUT2D eigenvalue weighted by atomic mass is 16.4. The first kappa shape index (κ1) is 18.4. The second kappa shape index (κ2) is 7.55. The Morgan fingerprint density at radius 3 is 2.68 bits per heavy atom. The van der Waals surface area contributed by atoms with E-state index in [9.17, 15) is 9.90 Å². The van der Waals surface area contributed by atoms with Gasteiger partial charge in [0.1, 0.15) is 11.4 Å². The van der Waals surface area contributed by atoms with Crippen molar-refractivity contribution < 1.29 is 15.0 Å². The van der Waals surface area contributed by atoms with Crippen molar-refractivity contribution in [1.29, 1.82) is 0 Å². The summed E-state index contributed by atoms with van der Waals surface area (Å²) in [5.74, 6) is -0.264. The van der Waals surface area contributed by atoms with Crippen LogP contribution in [0, 0.1) is 0 Å². The number of piperazine rings is 1. The molecule has 0 amide bonds. The van der Waals surface area contributed by atoms with Gasteiger partial charge in [0, 0.05) is 37.7 Å². The van der Waals surface area contributed by atoms with Crippen molar-refractivity contribution in [3.05, 3.63) is 29.2 Å². The lowest BCUT2D eigenvalue weighted by molar-refractivity contribution is 0.0697. The molecule has 1 atom stereocenters. The molecular weight excluding hydrogens is 362 g/mol. The summed E-state index contributed by atoms with van der Waals surface area (Å²) in [6, 6.07) is -0.275. The Bertz CT molecular complexity index is 891. The monoisotopic (exact) mass is 385 g/mol. The van der Waals surface area contributed by atoms with Crippen LogP contribution in [0.4, 0.5) is 17.7 Å². The number of aliphatic hydroxyl groups excluding tert-OH is 1. The van der Waals surface area contributed by atoms with E-state index in [-0.39, 0.29) is 24.0 Å². The van der Waals surface area contributed by atoms with Crippen LogP contribution in [0.25, 0.3) is 0 Å². The van der Waals surface area contributed by atoms with Crippen LogP contribution < -0.4 is 15.5 Å². The fourth-order valence-corrected chi connectivity index (χ4v) is 3.76. The molecule has 28 heavy (non-hydrogen) atoms. The Kier molecular flexibility index (Phi) is 4.95. The van der Waals surface area contributed by atoms with E-state index < -0.39 is 5.97 Å². The molecule has 1 fully saturated rings.